The molecule has 0 fully saturated rings. The van der Waals surface area contributed by atoms with Crippen molar-refractivity contribution in [1.82, 2.24) is 19.7 Å². The fraction of sp³-hybridized carbons (Fsp3) is 0.462. The van der Waals surface area contributed by atoms with E-state index in [1.54, 1.807) is 13.8 Å². The molecule has 2 N–H and O–H groups in total. The van der Waals surface area contributed by atoms with Crippen LogP contribution in [0.2, 0.25) is 0 Å². The Morgan fingerprint density at radius 2 is 1.82 bits per heavy atom. The monoisotopic (exact) mass is 307 g/mol. The van der Waals surface area contributed by atoms with Crippen LogP contribution < -0.4 is 5.73 Å². The van der Waals surface area contributed by atoms with Crippen LogP contribution in [0.25, 0.3) is 11.0 Å². The van der Waals surface area contributed by atoms with E-state index in [1.165, 1.54) is 19.4 Å². The number of anilines is 1. The first-order valence-electron chi connectivity index (χ1n) is 6.75. The van der Waals surface area contributed by atoms with Gasteiger partial charge >= 0.3 is 11.9 Å². The van der Waals surface area contributed by atoms with E-state index in [9.17, 15) is 9.59 Å². The summed E-state index contributed by atoms with van der Waals surface area (Å²) in [5.41, 5.74) is 4.19. The van der Waals surface area contributed by atoms with Gasteiger partial charge in [0.1, 0.15) is 12.1 Å². The lowest BCUT2D eigenvalue weighted by molar-refractivity contribution is -0.169. The zero-order chi connectivity index (χ0) is 16.3. The molecule has 0 aromatic carbocycles. The molecule has 9 heteroatoms. The van der Waals surface area contributed by atoms with Crippen molar-refractivity contribution in [2.24, 2.45) is 0 Å². The number of hydrogen-bond acceptors (Lipinski definition) is 8. The van der Waals surface area contributed by atoms with Crippen LogP contribution in [0.4, 0.5) is 5.82 Å². The average molecular weight is 307 g/mol. The second-order valence-corrected chi connectivity index (χ2v) is 4.57. The Kier molecular flexibility index (Phi) is 4.25. The Morgan fingerprint density at radius 1 is 1.23 bits per heavy atom. The number of rotatable bonds is 5. The van der Waals surface area contributed by atoms with Crippen LogP contribution in [0.15, 0.2) is 12.5 Å². The third-order valence-electron chi connectivity index (χ3n) is 3.17. The van der Waals surface area contributed by atoms with Gasteiger partial charge in [-0.2, -0.15) is 5.10 Å². The van der Waals surface area contributed by atoms with E-state index < -0.39 is 17.5 Å². The Labute approximate surface area is 126 Å². The molecular formula is C13H17N5O4. The minimum Gasteiger partial charge on any atom is -0.464 e. The van der Waals surface area contributed by atoms with E-state index in [4.69, 9.17) is 15.2 Å². The number of nitrogens with two attached hydrogens (primary N) is 1. The Hall–Kier alpha value is -2.71. The summed E-state index contributed by atoms with van der Waals surface area (Å²) in [5.74, 6) is -1.36. The summed E-state index contributed by atoms with van der Waals surface area (Å²) >= 11 is 0. The van der Waals surface area contributed by atoms with Crippen LogP contribution >= 0.6 is 0 Å². The van der Waals surface area contributed by atoms with Crippen LogP contribution in [-0.4, -0.2) is 44.9 Å². The van der Waals surface area contributed by atoms with Crippen LogP contribution in [0.1, 0.15) is 20.8 Å². The second-order valence-electron chi connectivity index (χ2n) is 4.57. The molecular weight excluding hydrogens is 290 g/mol. The van der Waals surface area contributed by atoms with Gasteiger partial charge in [0.2, 0.25) is 0 Å². The molecule has 0 amide bonds. The highest BCUT2D eigenvalue weighted by Gasteiger charge is 2.48. The van der Waals surface area contributed by atoms with Gasteiger partial charge in [-0.15, -0.1) is 0 Å². The number of hydrogen-bond donors (Lipinski definition) is 1. The van der Waals surface area contributed by atoms with Gasteiger partial charge in [-0.3, -0.25) is 0 Å². The van der Waals surface area contributed by atoms with Gasteiger partial charge in [0, 0.05) is 0 Å². The fourth-order valence-electron chi connectivity index (χ4n) is 1.99. The second kappa shape index (κ2) is 5.96. The summed E-state index contributed by atoms with van der Waals surface area (Å²) in [6, 6.07) is 0. The molecule has 0 unspecified atom stereocenters. The minimum atomic E-state index is -1.80. The number of nitrogen functional groups attached to an aromatic ring is 1. The molecule has 0 bridgehead atoms. The highest BCUT2D eigenvalue weighted by atomic mass is 16.6. The molecule has 2 aromatic rings. The fourth-order valence-corrected chi connectivity index (χ4v) is 1.99. The first kappa shape index (κ1) is 15.7. The summed E-state index contributed by atoms with van der Waals surface area (Å²) < 4.78 is 11.2. The Balaban J connectivity index is 2.64. The van der Waals surface area contributed by atoms with Crippen LogP contribution in [0.5, 0.6) is 0 Å². The molecule has 0 saturated heterocycles. The quantitative estimate of drug-likeness (QED) is 0.616. The van der Waals surface area contributed by atoms with Gasteiger partial charge in [-0.05, 0) is 20.8 Å². The van der Waals surface area contributed by atoms with E-state index in [2.05, 4.69) is 15.1 Å². The molecule has 0 aliphatic heterocycles. The number of carbonyl (C=O) groups is 2. The standard InChI is InChI=1S/C13H17N5O4/c1-4-21-11(19)13(3,12(20)22-5-2)18-10-8(6-17-18)9(14)15-7-16-10/h6-7H,4-5H2,1-3H3,(H2,14,15,16). The van der Waals surface area contributed by atoms with Crippen molar-refractivity contribution in [2.75, 3.05) is 18.9 Å². The predicted octanol–water partition coefficient (Wildman–Crippen LogP) is 0.250. The van der Waals surface area contributed by atoms with Crippen molar-refractivity contribution in [3.63, 3.8) is 0 Å². The SMILES string of the molecule is CCOC(=O)C(C)(C(=O)OCC)n1ncc2c(N)ncnc21. The first-order chi connectivity index (χ1) is 10.5. The van der Waals surface area contributed by atoms with E-state index in [-0.39, 0.29) is 24.7 Å². The third-order valence-corrected chi connectivity index (χ3v) is 3.17. The molecule has 118 valence electrons. The Bertz CT molecular complexity index is 694. The first-order valence-corrected chi connectivity index (χ1v) is 6.75. The number of fused-ring (bicyclic) bond motifs is 1. The van der Waals surface area contributed by atoms with Crippen molar-refractivity contribution in [1.29, 1.82) is 0 Å². The van der Waals surface area contributed by atoms with E-state index in [0.717, 1.165) is 4.68 Å². The van der Waals surface area contributed by atoms with Crippen molar-refractivity contribution in [3.05, 3.63) is 12.5 Å². The predicted molar refractivity (Wildman–Crippen MR) is 76.6 cm³/mol. The topological polar surface area (TPSA) is 122 Å². The molecule has 0 saturated carbocycles. The zero-order valence-electron chi connectivity index (χ0n) is 12.6. The minimum absolute atomic E-state index is 0.115. The molecule has 0 aliphatic rings. The smallest absolute Gasteiger partial charge is 0.345 e. The van der Waals surface area contributed by atoms with Crippen LogP contribution in [0.3, 0.4) is 0 Å². The van der Waals surface area contributed by atoms with Gasteiger partial charge in [-0.1, -0.05) is 0 Å². The lowest BCUT2D eigenvalue weighted by Crippen LogP contribution is -2.49. The molecule has 2 aromatic heterocycles. The van der Waals surface area contributed by atoms with Crippen molar-refractivity contribution in [3.8, 4) is 0 Å². The highest BCUT2D eigenvalue weighted by Crippen LogP contribution is 2.26. The maximum Gasteiger partial charge on any atom is 0.345 e. The van der Waals surface area contributed by atoms with E-state index in [1.807, 2.05) is 0 Å². The number of esters is 2. The number of nitrogens with zero attached hydrogens (tertiary/aromatic N) is 4. The van der Waals surface area contributed by atoms with E-state index in [0.29, 0.717) is 5.39 Å². The third kappa shape index (κ3) is 2.34. The molecule has 2 rings (SSSR count). The van der Waals surface area contributed by atoms with Gasteiger partial charge in [0.25, 0.3) is 5.54 Å². The van der Waals surface area contributed by atoms with Gasteiger partial charge < -0.3 is 15.2 Å². The summed E-state index contributed by atoms with van der Waals surface area (Å²) in [7, 11) is 0. The molecule has 0 atom stereocenters. The maximum atomic E-state index is 12.3. The Morgan fingerprint density at radius 3 is 2.36 bits per heavy atom. The largest absolute Gasteiger partial charge is 0.464 e. The lowest BCUT2D eigenvalue weighted by Gasteiger charge is -2.25. The van der Waals surface area contributed by atoms with Crippen molar-refractivity contribution in [2.45, 2.75) is 26.3 Å². The molecule has 0 spiro atoms. The average Bonchev–Trinajstić information content (AvgIpc) is 2.92. The van der Waals surface area contributed by atoms with Gasteiger partial charge in [-0.25, -0.2) is 24.2 Å². The molecule has 0 aliphatic carbocycles. The van der Waals surface area contributed by atoms with Gasteiger partial charge in [0.15, 0.2) is 5.65 Å². The highest BCUT2D eigenvalue weighted by molar-refractivity contribution is 6.03. The van der Waals surface area contributed by atoms with Crippen LogP contribution in [0, 0.1) is 0 Å². The number of carbonyl (C=O) groups excluding carboxylic acids is 2. The maximum absolute atomic E-state index is 12.3. The summed E-state index contributed by atoms with van der Waals surface area (Å²) in [6.45, 7) is 4.89. The van der Waals surface area contributed by atoms with Gasteiger partial charge in [0.05, 0.1) is 24.8 Å². The lowest BCUT2D eigenvalue weighted by atomic mass is 10.0. The molecule has 2 heterocycles. The number of ether oxygens (including phenoxy) is 2. The zero-order valence-corrected chi connectivity index (χ0v) is 12.6. The van der Waals surface area contributed by atoms with E-state index >= 15 is 0 Å². The normalized spacial score (nSPS) is 11.4. The molecule has 9 nitrogen and oxygen atoms in total. The van der Waals surface area contributed by atoms with Crippen LogP contribution in [-0.2, 0) is 24.6 Å². The number of aromatic nitrogens is 4. The molecule has 22 heavy (non-hydrogen) atoms. The summed E-state index contributed by atoms with van der Waals surface area (Å²) in [6.07, 6.45) is 2.62. The summed E-state index contributed by atoms with van der Waals surface area (Å²) in [5, 5.41) is 4.50. The summed E-state index contributed by atoms with van der Waals surface area (Å²) in [4.78, 5) is 32.6. The van der Waals surface area contributed by atoms with Crippen molar-refractivity contribution >= 4 is 28.8 Å². The molecule has 0 radical (unpaired) electrons. The van der Waals surface area contributed by atoms with Crippen molar-refractivity contribution < 1.29 is 19.1 Å².